The van der Waals surface area contributed by atoms with Crippen LogP contribution in [0.2, 0.25) is 0 Å². The maximum atomic E-state index is 12.7. The van der Waals surface area contributed by atoms with E-state index >= 15 is 0 Å². The minimum atomic E-state index is -0.728. The molecule has 3 aromatic rings. The third-order valence-corrected chi connectivity index (χ3v) is 5.27. The van der Waals surface area contributed by atoms with Crippen molar-refractivity contribution in [3.8, 4) is 17.2 Å². The summed E-state index contributed by atoms with van der Waals surface area (Å²) in [6.45, 7) is 3.17. The molecule has 0 radical (unpaired) electrons. The molecule has 0 aliphatic heterocycles. The van der Waals surface area contributed by atoms with Crippen LogP contribution in [0.25, 0.3) is 11.1 Å². The molecule has 2 amide bonds. The lowest BCUT2D eigenvalue weighted by Crippen LogP contribution is -2.37. The Bertz CT molecular complexity index is 1210. The fourth-order valence-corrected chi connectivity index (χ4v) is 3.64. The van der Waals surface area contributed by atoms with Gasteiger partial charge < -0.3 is 15.0 Å². The normalized spacial score (nSPS) is 10.2. The number of rotatable bonds is 9. The average Bonchev–Trinajstić information content (AvgIpc) is 2.86. The number of carbonyl (C=O) groups excluding carboxylic acids is 3. The molecule has 1 N–H and O–H groups in total. The zero-order valence-electron chi connectivity index (χ0n) is 19.8. The Kier molecular flexibility index (Phi) is 8.74. The fraction of sp³-hybridized carbons (Fsp3) is 0.214. The van der Waals surface area contributed by atoms with Crippen LogP contribution in [-0.4, -0.2) is 37.5 Å². The van der Waals surface area contributed by atoms with Gasteiger partial charge >= 0.3 is 5.97 Å². The van der Waals surface area contributed by atoms with Gasteiger partial charge in [-0.2, -0.15) is 5.26 Å². The molecule has 0 aliphatic carbocycles. The smallest absolute Gasteiger partial charge is 0.325 e. The molecule has 178 valence electrons. The van der Waals surface area contributed by atoms with E-state index in [4.69, 9.17) is 10.00 Å². The molecule has 0 heterocycles. The van der Waals surface area contributed by atoms with Gasteiger partial charge in [0.2, 0.25) is 0 Å². The van der Waals surface area contributed by atoms with E-state index in [0.29, 0.717) is 11.3 Å². The van der Waals surface area contributed by atoms with Crippen LogP contribution in [0.15, 0.2) is 72.8 Å². The molecule has 3 aromatic carbocycles. The first-order valence-corrected chi connectivity index (χ1v) is 11.2. The predicted molar refractivity (Wildman–Crippen MR) is 134 cm³/mol. The summed E-state index contributed by atoms with van der Waals surface area (Å²) in [6, 6.07) is 24.5. The van der Waals surface area contributed by atoms with Gasteiger partial charge in [0, 0.05) is 17.8 Å². The zero-order valence-corrected chi connectivity index (χ0v) is 19.8. The predicted octanol–water partition coefficient (Wildman–Crippen LogP) is 4.19. The van der Waals surface area contributed by atoms with E-state index in [1.165, 1.54) is 4.90 Å². The Morgan fingerprint density at radius 1 is 0.914 bits per heavy atom. The first-order chi connectivity index (χ1) is 16.9. The number of anilines is 1. The van der Waals surface area contributed by atoms with Crippen LogP contribution in [-0.2, 0) is 14.3 Å². The van der Waals surface area contributed by atoms with Crippen molar-refractivity contribution in [2.75, 3.05) is 24.6 Å². The van der Waals surface area contributed by atoms with Crippen LogP contribution in [0.4, 0.5) is 5.69 Å². The maximum Gasteiger partial charge on any atom is 0.325 e. The van der Waals surface area contributed by atoms with Crippen molar-refractivity contribution in [1.29, 1.82) is 5.26 Å². The van der Waals surface area contributed by atoms with Crippen molar-refractivity contribution in [3.05, 3.63) is 89.5 Å². The van der Waals surface area contributed by atoms with Gasteiger partial charge in [-0.3, -0.25) is 14.4 Å². The molecule has 0 spiro atoms. The van der Waals surface area contributed by atoms with E-state index in [0.717, 1.165) is 22.3 Å². The quantitative estimate of drug-likeness (QED) is 0.474. The highest BCUT2D eigenvalue weighted by molar-refractivity contribution is 5.97. The Balaban J connectivity index is 1.52. The number of esters is 1. The fourth-order valence-electron chi connectivity index (χ4n) is 3.64. The molecule has 3 rings (SSSR count). The molecule has 0 bridgehead atoms. The van der Waals surface area contributed by atoms with E-state index in [2.05, 4.69) is 5.32 Å². The lowest BCUT2D eigenvalue weighted by Gasteiger charge is -2.22. The van der Waals surface area contributed by atoms with Gasteiger partial charge in [0.05, 0.1) is 12.5 Å². The van der Waals surface area contributed by atoms with Crippen LogP contribution in [0, 0.1) is 25.2 Å². The molecule has 7 heteroatoms. The number of carbonyl (C=O) groups is 3. The van der Waals surface area contributed by atoms with Crippen LogP contribution in [0.1, 0.15) is 27.9 Å². The number of ether oxygens (including phenoxy) is 1. The summed E-state index contributed by atoms with van der Waals surface area (Å²) in [6.07, 6.45) is 0.145. The Hall–Kier alpha value is -4.44. The topological polar surface area (TPSA) is 99.5 Å². The second-order valence-corrected chi connectivity index (χ2v) is 8.09. The summed E-state index contributed by atoms with van der Waals surface area (Å²) in [5.74, 6) is -1.59. The van der Waals surface area contributed by atoms with Crippen LogP contribution < -0.4 is 10.2 Å². The molecular weight excluding hydrogens is 442 g/mol. The summed E-state index contributed by atoms with van der Waals surface area (Å²) in [7, 11) is 0. The van der Waals surface area contributed by atoms with Gasteiger partial charge in [0.25, 0.3) is 11.8 Å². The van der Waals surface area contributed by atoms with Crippen LogP contribution in [0.5, 0.6) is 0 Å². The highest BCUT2D eigenvalue weighted by atomic mass is 16.5. The van der Waals surface area contributed by atoms with Crippen LogP contribution in [0.3, 0.4) is 0 Å². The molecule has 0 atom stereocenters. The molecule has 0 fully saturated rings. The zero-order chi connectivity index (χ0) is 25.2. The Morgan fingerprint density at radius 3 is 2.17 bits per heavy atom. The minimum Gasteiger partial charge on any atom is -0.454 e. The number of hydrogen-bond acceptors (Lipinski definition) is 5. The molecule has 0 saturated carbocycles. The second-order valence-electron chi connectivity index (χ2n) is 8.09. The van der Waals surface area contributed by atoms with E-state index in [9.17, 15) is 14.4 Å². The maximum absolute atomic E-state index is 12.7. The summed E-state index contributed by atoms with van der Waals surface area (Å²) in [5.41, 5.74) is 5.02. The lowest BCUT2D eigenvalue weighted by atomic mass is 10.0. The highest BCUT2D eigenvalue weighted by Gasteiger charge is 2.18. The third-order valence-electron chi connectivity index (χ3n) is 5.27. The van der Waals surface area contributed by atoms with Crippen molar-refractivity contribution in [3.63, 3.8) is 0 Å². The van der Waals surface area contributed by atoms with E-state index in [1.54, 1.807) is 12.1 Å². The standard InChI is InChI=1S/C28H27N3O4/c1-20-15-21(2)17-25(16-20)31(14-6-13-29)26(32)19-35-27(33)18-30-28(34)24-11-9-23(10-12-24)22-7-4-3-5-8-22/h3-5,7-12,15-17H,6,14,18-19H2,1-2H3,(H,30,34). The number of nitrogens with one attached hydrogen (secondary N) is 1. The highest BCUT2D eigenvalue weighted by Crippen LogP contribution is 2.20. The van der Waals surface area contributed by atoms with Gasteiger partial charge in [-0.15, -0.1) is 0 Å². The first kappa shape index (κ1) is 25.2. The summed E-state index contributed by atoms with van der Waals surface area (Å²) in [4.78, 5) is 38.7. The Labute approximate surface area is 204 Å². The number of hydrogen-bond donors (Lipinski definition) is 1. The SMILES string of the molecule is Cc1cc(C)cc(N(CCC#N)C(=O)COC(=O)CNC(=O)c2ccc(-c3ccccc3)cc2)c1. The van der Waals surface area contributed by atoms with Crippen molar-refractivity contribution in [1.82, 2.24) is 5.32 Å². The number of benzene rings is 3. The number of amides is 2. The molecule has 0 aliphatic rings. The molecule has 0 saturated heterocycles. The Morgan fingerprint density at radius 2 is 1.54 bits per heavy atom. The average molecular weight is 470 g/mol. The van der Waals surface area contributed by atoms with Gasteiger partial charge in [-0.1, -0.05) is 48.5 Å². The number of aryl methyl sites for hydroxylation is 2. The molecule has 0 unspecified atom stereocenters. The third kappa shape index (κ3) is 7.27. The van der Waals surface area contributed by atoms with E-state index in [1.807, 2.05) is 80.6 Å². The van der Waals surface area contributed by atoms with Gasteiger partial charge in [-0.25, -0.2) is 0 Å². The summed E-state index contributed by atoms with van der Waals surface area (Å²) >= 11 is 0. The van der Waals surface area contributed by atoms with Crippen molar-refractivity contribution < 1.29 is 19.1 Å². The van der Waals surface area contributed by atoms with Crippen molar-refractivity contribution >= 4 is 23.5 Å². The molecular formula is C28H27N3O4. The number of nitriles is 1. The first-order valence-electron chi connectivity index (χ1n) is 11.2. The lowest BCUT2D eigenvalue weighted by molar-refractivity contribution is -0.146. The van der Waals surface area contributed by atoms with Crippen LogP contribution >= 0.6 is 0 Å². The molecule has 0 aromatic heterocycles. The van der Waals surface area contributed by atoms with Gasteiger partial charge in [0.15, 0.2) is 6.61 Å². The van der Waals surface area contributed by atoms with E-state index < -0.39 is 24.4 Å². The van der Waals surface area contributed by atoms with Gasteiger partial charge in [-0.05, 0) is 60.4 Å². The summed E-state index contributed by atoms with van der Waals surface area (Å²) < 4.78 is 5.08. The number of nitrogens with zero attached hydrogens (tertiary/aromatic N) is 2. The largest absolute Gasteiger partial charge is 0.454 e. The van der Waals surface area contributed by atoms with Gasteiger partial charge in [0.1, 0.15) is 6.54 Å². The second kappa shape index (κ2) is 12.1. The van der Waals surface area contributed by atoms with Crippen molar-refractivity contribution in [2.45, 2.75) is 20.3 Å². The monoisotopic (exact) mass is 469 g/mol. The molecule has 7 nitrogen and oxygen atoms in total. The van der Waals surface area contributed by atoms with E-state index in [-0.39, 0.29) is 19.5 Å². The molecule has 35 heavy (non-hydrogen) atoms. The minimum absolute atomic E-state index is 0.145. The summed E-state index contributed by atoms with van der Waals surface area (Å²) in [5, 5.41) is 11.5. The van der Waals surface area contributed by atoms with Crippen molar-refractivity contribution in [2.24, 2.45) is 0 Å².